The maximum atomic E-state index is 12.4. The second kappa shape index (κ2) is 6.32. The molecule has 108 valence electrons. The molecule has 0 atom stereocenters. The fourth-order valence-electron chi connectivity index (χ4n) is 1.98. The normalized spacial score (nSPS) is 16.4. The lowest BCUT2D eigenvalue weighted by atomic mass is 10.3. The van der Waals surface area contributed by atoms with Crippen molar-refractivity contribution >= 4 is 39.9 Å². The van der Waals surface area contributed by atoms with Crippen molar-refractivity contribution in [1.82, 2.24) is 4.90 Å². The van der Waals surface area contributed by atoms with Gasteiger partial charge >= 0.3 is 0 Å². The summed E-state index contributed by atoms with van der Waals surface area (Å²) in [5.41, 5.74) is 0.823. The molecular weight excluding hydrogens is 304 g/mol. The van der Waals surface area contributed by atoms with E-state index in [9.17, 15) is 4.79 Å². The molecule has 4 nitrogen and oxygen atoms in total. The number of benzene rings is 1. The average molecular weight is 318 g/mol. The molecule has 1 saturated heterocycles. The summed E-state index contributed by atoms with van der Waals surface area (Å²) >= 11 is 3.07. The van der Waals surface area contributed by atoms with Crippen molar-refractivity contribution in [2.45, 2.75) is 0 Å². The highest BCUT2D eigenvalue weighted by Gasteiger charge is 2.27. The first kappa shape index (κ1) is 14.2. The Balaban J connectivity index is 1.82. The average Bonchev–Trinajstić information content (AvgIpc) is 3.19. The molecule has 0 bridgehead atoms. The molecule has 0 aliphatic carbocycles. The van der Waals surface area contributed by atoms with Crippen LogP contribution in [0.1, 0.15) is 9.67 Å². The maximum Gasteiger partial charge on any atom is 0.269 e. The molecule has 2 heterocycles. The van der Waals surface area contributed by atoms with Crippen LogP contribution in [0.15, 0.2) is 46.8 Å². The van der Waals surface area contributed by atoms with E-state index in [4.69, 9.17) is 4.74 Å². The number of carbonyl (C=O) groups is 1. The highest BCUT2D eigenvalue weighted by atomic mass is 32.2. The van der Waals surface area contributed by atoms with Crippen LogP contribution in [0.5, 0.6) is 5.75 Å². The van der Waals surface area contributed by atoms with Crippen LogP contribution in [0.2, 0.25) is 0 Å². The summed E-state index contributed by atoms with van der Waals surface area (Å²) in [6.07, 6.45) is 0. The van der Waals surface area contributed by atoms with Crippen LogP contribution in [0.3, 0.4) is 0 Å². The number of aliphatic imine (C=N–C) groups is 1. The number of rotatable bonds is 3. The minimum absolute atomic E-state index is 0.0299. The summed E-state index contributed by atoms with van der Waals surface area (Å²) in [4.78, 5) is 19.5. The zero-order valence-electron chi connectivity index (χ0n) is 11.5. The van der Waals surface area contributed by atoms with Gasteiger partial charge in [0.1, 0.15) is 5.75 Å². The van der Waals surface area contributed by atoms with Gasteiger partial charge in [0.25, 0.3) is 5.91 Å². The van der Waals surface area contributed by atoms with Gasteiger partial charge in [-0.2, -0.15) is 0 Å². The van der Waals surface area contributed by atoms with Crippen molar-refractivity contribution in [1.29, 1.82) is 0 Å². The molecule has 0 unspecified atom stereocenters. The van der Waals surface area contributed by atoms with Crippen LogP contribution in [0.4, 0.5) is 5.69 Å². The van der Waals surface area contributed by atoms with Crippen molar-refractivity contribution in [3.8, 4) is 5.75 Å². The van der Waals surface area contributed by atoms with Crippen LogP contribution < -0.4 is 4.74 Å². The number of methoxy groups -OCH3 is 1. The van der Waals surface area contributed by atoms with Gasteiger partial charge in [0.2, 0.25) is 0 Å². The van der Waals surface area contributed by atoms with E-state index in [0.717, 1.165) is 27.2 Å². The Morgan fingerprint density at radius 2 is 2.10 bits per heavy atom. The van der Waals surface area contributed by atoms with E-state index in [-0.39, 0.29) is 5.91 Å². The molecule has 1 amide bonds. The molecular formula is C15H14N2O2S2. The molecule has 0 saturated carbocycles. The molecule has 1 fully saturated rings. The fourth-order valence-corrected chi connectivity index (χ4v) is 3.61. The number of nitrogens with zero attached hydrogens (tertiary/aromatic N) is 2. The smallest absolute Gasteiger partial charge is 0.269 e. The minimum Gasteiger partial charge on any atom is -0.497 e. The molecule has 1 aromatic heterocycles. The van der Waals surface area contributed by atoms with Gasteiger partial charge in [0, 0.05) is 12.3 Å². The number of hydrogen-bond acceptors (Lipinski definition) is 5. The van der Waals surface area contributed by atoms with Gasteiger partial charge in [-0.25, -0.2) is 4.99 Å². The minimum atomic E-state index is 0.0299. The van der Waals surface area contributed by atoms with Crippen molar-refractivity contribution < 1.29 is 9.53 Å². The molecule has 3 rings (SSSR count). The van der Waals surface area contributed by atoms with Crippen LogP contribution in [0, 0.1) is 0 Å². The zero-order chi connectivity index (χ0) is 14.7. The predicted molar refractivity (Wildman–Crippen MR) is 87.9 cm³/mol. The second-order valence-electron chi connectivity index (χ2n) is 4.37. The van der Waals surface area contributed by atoms with E-state index in [2.05, 4.69) is 4.99 Å². The largest absolute Gasteiger partial charge is 0.497 e. The maximum absolute atomic E-state index is 12.4. The van der Waals surface area contributed by atoms with Gasteiger partial charge in [0.15, 0.2) is 5.17 Å². The van der Waals surface area contributed by atoms with Crippen molar-refractivity contribution in [3.05, 3.63) is 46.7 Å². The number of ether oxygens (including phenoxy) is 1. The summed E-state index contributed by atoms with van der Waals surface area (Å²) in [7, 11) is 1.63. The number of thiophene rings is 1. The number of amidine groups is 1. The summed E-state index contributed by atoms with van der Waals surface area (Å²) < 4.78 is 5.13. The molecule has 0 spiro atoms. The molecule has 6 heteroatoms. The van der Waals surface area contributed by atoms with Crippen LogP contribution in [-0.4, -0.2) is 35.4 Å². The van der Waals surface area contributed by atoms with Crippen molar-refractivity contribution in [2.24, 2.45) is 4.99 Å². The van der Waals surface area contributed by atoms with Crippen molar-refractivity contribution in [3.63, 3.8) is 0 Å². The van der Waals surface area contributed by atoms with Crippen LogP contribution in [0.25, 0.3) is 0 Å². The van der Waals surface area contributed by atoms with E-state index < -0.39 is 0 Å². The molecule has 21 heavy (non-hydrogen) atoms. The van der Waals surface area contributed by atoms with Gasteiger partial charge in [-0.05, 0) is 35.7 Å². The third-order valence-electron chi connectivity index (χ3n) is 3.05. The van der Waals surface area contributed by atoms with Crippen molar-refractivity contribution in [2.75, 3.05) is 19.4 Å². The highest BCUT2D eigenvalue weighted by Crippen LogP contribution is 2.26. The monoisotopic (exact) mass is 318 g/mol. The fraction of sp³-hybridized carbons (Fsp3) is 0.200. The number of thioether (sulfide) groups is 1. The summed E-state index contributed by atoms with van der Waals surface area (Å²) in [5.74, 6) is 1.71. The van der Waals surface area contributed by atoms with E-state index in [1.165, 1.54) is 11.3 Å². The quantitative estimate of drug-likeness (QED) is 0.868. The van der Waals surface area contributed by atoms with Gasteiger partial charge < -0.3 is 4.74 Å². The Morgan fingerprint density at radius 3 is 2.76 bits per heavy atom. The SMILES string of the molecule is COc1ccc(N=C2SCCN2C(=O)c2cccs2)cc1. The van der Waals surface area contributed by atoms with Gasteiger partial charge in [-0.1, -0.05) is 17.8 Å². The van der Waals surface area contributed by atoms with Crippen LogP contribution in [-0.2, 0) is 0 Å². The Bertz CT molecular complexity index is 651. The standard InChI is InChI=1S/C15H14N2O2S2/c1-19-12-6-4-11(5-7-12)16-15-17(8-10-21-15)14(18)13-3-2-9-20-13/h2-7,9H,8,10H2,1H3. The van der Waals surface area contributed by atoms with E-state index in [0.29, 0.717) is 6.54 Å². The topological polar surface area (TPSA) is 41.9 Å². The van der Waals surface area contributed by atoms with E-state index in [1.54, 1.807) is 23.8 Å². The third kappa shape index (κ3) is 3.11. The number of hydrogen-bond donors (Lipinski definition) is 0. The van der Waals surface area contributed by atoms with Gasteiger partial charge in [-0.15, -0.1) is 11.3 Å². The number of amides is 1. The first-order valence-corrected chi connectivity index (χ1v) is 8.35. The van der Waals surface area contributed by atoms with E-state index in [1.807, 2.05) is 41.8 Å². The Labute approximate surface area is 131 Å². The van der Waals surface area contributed by atoms with Crippen LogP contribution >= 0.6 is 23.1 Å². The van der Waals surface area contributed by atoms with Gasteiger partial charge in [-0.3, -0.25) is 9.69 Å². The summed E-state index contributed by atoms with van der Waals surface area (Å²) in [5, 5.41) is 2.68. The Kier molecular flexibility index (Phi) is 4.26. The first-order valence-electron chi connectivity index (χ1n) is 6.49. The molecule has 1 aromatic carbocycles. The zero-order valence-corrected chi connectivity index (χ0v) is 13.1. The Morgan fingerprint density at radius 1 is 1.29 bits per heavy atom. The van der Waals surface area contributed by atoms with Gasteiger partial charge in [0.05, 0.1) is 17.7 Å². The molecule has 0 radical (unpaired) electrons. The highest BCUT2D eigenvalue weighted by molar-refractivity contribution is 8.14. The molecule has 0 N–H and O–H groups in total. The predicted octanol–water partition coefficient (Wildman–Crippen LogP) is 3.63. The summed E-state index contributed by atoms with van der Waals surface area (Å²) in [6, 6.07) is 11.2. The summed E-state index contributed by atoms with van der Waals surface area (Å²) in [6.45, 7) is 0.705. The molecule has 2 aromatic rings. The second-order valence-corrected chi connectivity index (χ2v) is 6.38. The lowest BCUT2D eigenvalue weighted by Crippen LogP contribution is -2.31. The molecule has 1 aliphatic heterocycles. The van der Waals surface area contributed by atoms with E-state index >= 15 is 0 Å². The Hall–Kier alpha value is -1.79. The molecule has 1 aliphatic rings. The first-order chi connectivity index (χ1) is 10.3. The lowest BCUT2D eigenvalue weighted by molar-refractivity contribution is 0.0864. The third-order valence-corrected chi connectivity index (χ3v) is 4.87. The lowest BCUT2D eigenvalue weighted by Gasteiger charge is -2.14. The number of carbonyl (C=O) groups excluding carboxylic acids is 1.